The summed E-state index contributed by atoms with van der Waals surface area (Å²) < 4.78 is 15.0. The smallest absolute Gasteiger partial charge is 0.255 e. The van der Waals surface area contributed by atoms with E-state index in [2.05, 4.69) is 5.32 Å². The van der Waals surface area contributed by atoms with Crippen molar-refractivity contribution in [3.63, 3.8) is 0 Å². The van der Waals surface area contributed by atoms with Gasteiger partial charge in [-0.25, -0.2) is 0 Å². The minimum absolute atomic E-state index is 0.249. The van der Waals surface area contributed by atoms with Crippen LogP contribution in [0.25, 0.3) is 0 Å². The number of ether oxygens (including phenoxy) is 3. The second kappa shape index (κ2) is 6.83. The molecule has 18 heavy (non-hydrogen) atoms. The molecule has 0 heterocycles. The van der Waals surface area contributed by atoms with E-state index in [0.29, 0.717) is 17.0 Å². The Morgan fingerprint density at radius 3 is 2.56 bits per heavy atom. The molecule has 3 N–H and O–H groups in total. The molecule has 100 valence electrons. The summed E-state index contributed by atoms with van der Waals surface area (Å²) in [6, 6.07) is 4.85. The average Bonchev–Trinajstić information content (AvgIpc) is 2.39. The van der Waals surface area contributed by atoms with Gasteiger partial charge in [0.2, 0.25) is 0 Å². The number of nitrogens with one attached hydrogen (secondary N) is 1. The Labute approximate surface area is 106 Å². The Hall–Kier alpha value is -1.79. The molecule has 0 unspecified atom stereocenters. The van der Waals surface area contributed by atoms with Crippen LogP contribution in [0.15, 0.2) is 18.2 Å². The van der Waals surface area contributed by atoms with Crippen molar-refractivity contribution in [1.82, 2.24) is 5.32 Å². The van der Waals surface area contributed by atoms with Crippen molar-refractivity contribution < 1.29 is 19.0 Å². The van der Waals surface area contributed by atoms with Gasteiger partial charge in [0.05, 0.1) is 19.2 Å². The number of nitrogen functional groups attached to an aromatic ring is 1. The van der Waals surface area contributed by atoms with E-state index in [-0.39, 0.29) is 12.5 Å². The van der Waals surface area contributed by atoms with Gasteiger partial charge in [-0.15, -0.1) is 0 Å². The number of carbonyl (C=O) groups excluding carboxylic acids is 1. The molecule has 0 aliphatic carbocycles. The fraction of sp³-hybridized carbons (Fsp3) is 0.417. The molecule has 1 rings (SSSR count). The summed E-state index contributed by atoms with van der Waals surface area (Å²) >= 11 is 0. The topological polar surface area (TPSA) is 82.8 Å². The van der Waals surface area contributed by atoms with Gasteiger partial charge in [0.15, 0.2) is 6.29 Å². The number of hydrogen-bond acceptors (Lipinski definition) is 5. The third-order valence-electron chi connectivity index (χ3n) is 2.43. The zero-order valence-electron chi connectivity index (χ0n) is 10.7. The minimum Gasteiger partial charge on any atom is -0.496 e. The number of carbonyl (C=O) groups is 1. The molecule has 0 radical (unpaired) electrons. The summed E-state index contributed by atoms with van der Waals surface area (Å²) in [5, 5.41) is 2.69. The second-order valence-electron chi connectivity index (χ2n) is 3.57. The van der Waals surface area contributed by atoms with Gasteiger partial charge in [-0.05, 0) is 12.1 Å². The number of nitrogens with two attached hydrogens (primary N) is 1. The maximum absolute atomic E-state index is 11.9. The van der Waals surface area contributed by atoms with Crippen LogP contribution in [0.1, 0.15) is 10.4 Å². The fourth-order valence-electron chi connectivity index (χ4n) is 1.43. The van der Waals surface area contributed by atoms with E-state index in [0.717, 1.165) is 0 Å². The van der Waals surface area contributed by atoms with Crippen molar-refractivity contribution in [1.29, 1.82) is 0 Å². The van der Waals surface area contributed by atoms with Gasteiger partial charge in [-0.3, -0.25) is 4.79 Å². The Morgan fingerprint density at radius 1 is 1.33 bits per heavy atom. The highest BCUT2D eigenvalue weighted by Gasteiger charge is 2.14. The molecular weight excluding hydrogens is 236 g/mol. The summed E-state index contributed by atoms with van der Waals surface area (Å²) in [7, 11) is 4.49. The number of rotatable bonds is 6. The quantitative estimate of drug-likeness (QED) is 0.574. The first-order valence-electron chi connectivity index (χ1n) is 5.39. The zero-order chi connectivity index (χ0) is 13.5. The molecule has 6 nitrogen and oxygen atoms in total. The van der Waals surface area contributed by atoms with Gasteiger partial charge in [0, 0.05) is 26.0 Å². The largest absolute Gasteiger partial charge is 0.496 e. The molecule has 0 bridgehead atoms. The van der Waals surface area contributed by atoms with Crippen LogP contribution >= 0.6 is 0 Å². The van der Waals surface area contributed by atoms with E-state index in [1.54, 1.807) is 18.2 Å². The second-order valence-corrected chi connectivity index (χ2v) is 3.57. The summed E-state index contributed by atoms with van der Waals surface area (Å²) in [5.41, 5.74) is 6.57. The average molecular weight is 254 g/mol. The van der Waals surface area contributed by atoms with Crippen LogP contribution in [-0.4, -0.2) is 40.1 Å². The van der Waals surface area contributed by atoms with Gasteiger partial charge < -0.3 is 25.3 Å². The lowest BCUT2D eigenvalue weighted by Crippen LogP contribution is -2.34. The minimum atomic E-state index is -0.478. The van der Waals surface area contributed by atoms with Gasteiger partial charge in [-0.2, -0.15) is 0 Å². The molecule has 0 aliphatic rings. The number of anilines is 1. The van der Waals surface area contributed by atoms with Crippen LogP contribution in [0.4, 0.5) is 5.69 Å². The van der Waals surface area contributed by atoms with Gasteiger partial charge in [-0.1, -0.05) is 0 Å². The van der Waals surface area contributed by atoms with Gasteiger partial charge >= 0.3 is 0 Å². The number of amides is 1. The Balaban J connectivity index is 2.72. The third-order valence-corrected chi connectivity index (χ3v) is 2.43. The first-order valence-corrected chi connectivity index (χ1v) is 5.39. The van der Waals surface area contributed by atoms with Crippen molar-refractivity contribution >= 4 is 11.6 Å². The van der Waals surface area contributed by atoms with Crippen LogP contribution < -0.4 is 15.8 Å². The summed E-state index contributed by atoms with van der Waals surface area (Å²) in [5.74, 6) is 0.157. The standard InChI is InChI=1S/C12H18N2O4/c1-16-10-6-8(13)4-5-9(10)12(15)14-7-11(17-2)18-3/h4-6,11H,7,13H2,1-3H3,(H,14,15). The van der Waals surface area contributed by atoms with Crippen molar-refractivity contribution in [2.24, 2.45) is 0 Å². The SMILES string of the molecule is COc1cc(N)ccc1C(=O)NCC(OC)OC. The summed E-state index contributed by atoms with van der Waals surface area (Å²) in [6.45, 7) is 0.249. The molecule has 0 spiro atoms. The predicted molar refractivity (Wildman–Crippen MR) is 67.5 cm³/mol. The lowest BCUT2D eigenvalue weighted by atomic mass is 10.1. The molecule has 1 amide bonds. The van der Waals surface area contributed by atoms with Gasteiger partial charge in [0.25, 0.3) is 5.91 Å². The molecule has 6 heteroatoms. The molecule has 0 atom stereocenters. The Bertz CT molecular complexity index is 405. The van der Waals surface area contributed by atoms with E-state index in [9.17, 15) is 4.79 Å². The van der Waals surface area contributed by atoms with Crippen molar-refractivity contribution in [3.8, 4) is 5.75 Å². The van der Waals surface area contributed by atoms with E-state index in [4.69, 9.17) is 19.9 Å². The lowest BCUT2D eigenvalue weighted by Gasteiger charge is -2.15. The van der Waals surface area contributed by atoms with Gasteiger partial charge in [0.1, 0.15) is 5.75 Å². The number of methoxy groups -OCH3 is 3. The van der Waals surface area contributed by atoms with E-state index < -0.39 is 6.29 Å². The summed E-state index contributed by atoms with van der Waals surface area (Å²) in [4.78, 5) is 11.9. The van der Waals surface area contributed by atoms with Crippen molar-refractivity contribution in [2.45, 2.75) is 6.29 Å². The molecule has 0 aliphatic heterocycles. The third kappa shape index (κ3) is 3.61. The molecule has 1 aromatic carbocycles. The summed E-state index contributed by atoms with van der Waals surface area (Å²) in [6.07, 6.45) is -0.478. The molecule has 0 aromatic heterocycles. The highest BCUT2D eigenvalue weighted by atomic mass is 16.7. The fourth-order valence-corrected chi connectivity index (χ4v) is 1.43. The molecule has 0 saturated carbocycles. The number of hydrogen-bond donors (Lipinski definition) is 2. The zero-order valence-corrected chi connectivity index (χ0v) is 10.7. The van der Waals surface area contributed by atoms with Crippen LogP contribution in [-0.2, 0) is 9.47 Å². The predicted octanol–water partition coefficient (Wildman–Crippen LogP) is 0.626. The monoisotopic (exact) mass is 254 g/mol. The highest BCUT2D eigenvalue weighted by molar-refractivity contribution is 5.97. The first kappa shape index (κ1) is 14.3. The highest BCUT2D eigenvalue weighted by Crippen LogP contribution is 2.21. The molecule has 0 saturated heterocycles. The number of benzene rings is 1. The van der Waals surface area contributed by atoms with Crippen LogP contribution in [0.2, 0.25) is 0 Å². The lowest BCUT2D eigenvalue weighted by molar-refractivity contribution is -0.0974. The van der Waals surface area contributed by atoms with Crippen molar-refractivity contribution in [3.05, 3.63) is 23.8 Å². The maximum atomic E-state index is 11.9. The normalized spacial score (nSPS) is 10.4. The Morgan fingerprint density at radius 2 is 2.00 bits per heavy atom. The maximum Gasteiger partial charge on any atom is 0.255 e. The molecule has 0 fully saturated rings. The van der Waals surface area contributed by atoms with E-state index in [1.165, 1.54) is 21.3 Å². The molecular formula is C12H18N2O4. The first-order chi connectivity index (χ1) is 8.62. The van der Waals surface area contributed by atoms with Crippen LogP contribution in [0.5, 0.6) is 5.75 Å². The van der Waals surface area contributed by atoms with E-state index >= 15 is 0 Å². The van der Waals surface area contributed by atoms with Crippen LogP contribution in [0, 0.1) is 0 Å². The Kier molecular flexibility index (Phi) is 5.41. The van der Waals surface area contributed by atoms with Crippen LogP contribution in [0.3, 0.4) is 0 Å². The van der Waals surface area contributed by atoms with E-state index in [1.807, 2.05) is 0 Å². The van der Waals surface area contributed by atoms with Crippen molar-refractivity contribution in [2.75, 3.05) is 33.6 Å². The molecule has 1 aromatic rings.